The third-order valence-corrected chi connectivity index (χ3v) is 6.41. The minimum Gasteiger partial charge on any atom is -0.497 e. The summed E-state index contributed by atoms with van der Waals surface area (Å²) in [6, 6.07) is 12.1. The summed E-state index contributed by atoms with van der Waals surface area (Å²) in [5.41, 5.74) is 2.05. The van der Waals surface area contributed by atoms with Crippen molar-refractivity contribution in [3.05, 3.63) is 68.4 Å². The number of rotatable bonds is 6. The minimum atomic E-state index is -0.0721. The molecule has 0 unspecified atom stereocenters. The van der Waals surface area contributed by atoms with Gasteiger partial charge in [0.2, 0.25) is 0 Å². The molecule has 1 N–H and O–H groups in total. The summed E-state index contributed by atoms with van der Waals surface area (Å²) < 4.78 is 5.28. The Labute approximate surface area is 171 Å². The number of aryl methyl sites for hydroxylation is 1. The third kappa shape index (κ3) is 3.87. The maximum absolute atomic E-state index is 12.8. The number of aromatic nitrogens is 2. The van der Waals surface area contributed by atoms with Gasteiger partial charge in [0, 0.05) is 27.2 Å². The van der Waals surface area contributed by atoms with Gasteiger partial charge in [-0.25, -0.2) is 4.98 Å². The first kappa shape index (κ1) is 18.9. The average Bonchev–Trinajstić information content (AvgIpc) is 3.28. The molecule has 4 rings (SSSR count). The average molecular weight is 412 g/mol. The van der Waals surface area contributed by atoms with Gasteiger partial charge in [-0.1, -0.05) is 12.1 Å². The first-order valence-electron chi connectivity index (χ1n) is 8.92. The molecule has 3 aromatic heterocycles. The minimum absolute atomic E-state index is 0.0721. The molecule has 144 valence electrons. The first-order chi connectivity index (χ1) is 13.5. The van der Waals surface area contributed by atoms with E-state index >= 15 is 0 Å². The maximum Gasteiger partial charge on any atom is 0.260 e. The molecule has 0 bridgehead atoms. The van der Waals surface area contributed by atoms with E-state index in [1.165, 1.54) is 16.2 Å². The van der Waals surface area contributed by atoms with Crippen molar-refractivity contribution in [2.75, 3.05) is 14.2 Å². The zero-order valence-corrected chi connectivity index (χ0v) is 17.6. The topological polar surface area (TPSA) is 58.2 Å². The second-order valence-corrected chi connectivity index (χ2v) is 8.92. The van der Waals surface area contributed by atoms with Crippen molar-refractivity contribution in [2.24, 2.45) is 0 Å². The van der Waals surface area contributed by atoms with Crippen molar-refractivity contribution in [1.82, 2.24) is 14.9 Å². The lowest BCUT2D eigenvalue weighted by Gasteiger charge is -2.16. The Hall–Kier alpha value is -2.48. The van der Waals surface area contributed by atoms with Crippen molar-refractivity contribution in [2.45, 2.75) is 20.0 Å². The number of thiophene rings is 2. The van der Waals surface area contributed by atoms with Crippen LogP contribution in [0.15, 0.2) is 46.6 Å². The fourth-order valence-electron chi connectivity index (χ4n) is 3.22. The molecule has 0 spiro atoms. The summed E-state index contributed by atoms with van der Waals surface area (Å²) in [5, 5.41) is 2.72. The van der Waals surface area contributed by atoms with Gasteiger partial charge in [0.25, 0.3) is 5.56 Å². The fourth-order valence-corrected chi connectivity index (χ4v) is 5.15. The number of fused-ring (bicyclic) bond motifs is 1. The highest BCUT2D eigenvalue weighted by Crippen LogP contribution is 2.35. The maximum atomic E-state index is 12.8. The van der Waals surface area contributed by atoms with Crippen LogP contribution in [0.5, 0.6) is 5.75 Å². The molecule has 0 aliphatic heterocycles. The van der Waals surface area contributed by atoms with Crippen LogP contribution in [-0.2, 0) is 13.1 Å². The first-order valence-corrected chi connectivity index (χ1v) is 10.6. The standard InChI is InChI=1S/C21H21N3O2S2/c1-13-7-8-17(28-13)16-12-27-21-19(16)20(25)22-18(23-21)11-24(2)10-14-5-4-6-15(9-14)26-3/h4-9,12H,10-11H2,1-3H3,(H,22,23,25). The number of hydrogen-bond donors (Lipinski definition) is 1. The second-order valence-electron chi connectivity index (χ2n) is 6.78. The van der Waals surface area contributed by atoms with Gasteiger partial charge < -0.3 is 9.72 Å². The van der Waals surface area contributed by atoms with Crippen molar-refractivity contribution >= 4 is 32.9 Å². The molecule has 0 saturated heterocycles. The molecule has 0 saturated carbocycles. The second kappa shape index (κ2) is 7.87. The summed E-state index contributed by atoms with van der Waals surface area (Å²) in [6.45, 7) is 3.37. The van der Waals surface area contributed by atoms with Crippen molar-refractivity contribution in [3.8, 4) is 16.2 Å². The van der Waals surface area contributed by atoms with Crippen molar-refractivity contribution < 1.29 is 4.74 Å². The van der Waals surface area contributed by atoms with Gasteiger partial charge >= 0.3 is 0 Å². The smallest absolute Gasteiger partial charge is 0.260 e. The summed E-state index contributed by atoms with van der Waals surface area (Å²) in [5.74, 6) is 1.52. The summed E-state index contributed by atoms with van der Waals surface area (Å²) in [6.07, 6.45) is 0. The normalized spacial score (nSPS) is 11.4. The van der Waals surface area contributed by atoms with E-state index in [1.807, 2.05) is 30.6 Å². The van der Waals surface area contributed by atoms with Crippen LogP contribution in [0.4, 0.5) is 0 Å². The van der Waals surface area contributed by atoms with Gasteiger partial charge in [0.15, 0.2) is 0 Å². The van der Waals surface area contributed by atoms with Gasteiger partial charge in [-0.05, 0) is 43.8 Å². The molecular weight excluding hydrogens is 390 g/mol. The highest BCUT2D eigenvalue weighted by Gasteiger charge is 2.15. The molecular formula is C21H21N3O2S2. The zero-order chi connectivity index (χ0) is 19.7. The molecule has 0 atom stereocenters. The number of hydrogen-bond acceptors (Lipinski definition) is 6. The number of H-pyrrole nitrogens is 1. The van der Waals surface area contributed by atoms with Gasteiger partial charge in [-0.3, -0.25) is 9.69 Å². The molecule has 0 amide bonds. The molecule has 1 aromatic carbocycles. The molecule has 0 radical (unpaired) electrons. The lowest BCUT2D eigenvalue weighted by molar-refractivity contribution is 0.310. The molecule has 0 fully saturated rings. The Morgan fingerprint density at radius 2 is 2.07 bits per heavy atom. The van der Waals surface area contributed by atoms with Crippen LogP contribution < -0.4 is 10.3 Å². The lowest BCUT2D eigenvalue weighted by atomic mass is 10.2. The predicted octanol–water partition coefficient (Wildman–Crippen LogP) is 4.66. The van der Waals surface area contributed by atoms with E-state index in [9.17, 15) is 4.79 Å². The van der Waals surface area contributed by atoms with E-state index in [2.05, 4.69) is 35.0 Å². The van der Waals surface area contributed by atoms with Crippen LogP contribution in [0, 0.1) is 6.92 Å². The molecule has 3 heterocycles. The number of aromatic amines is 1. The van der Waals surface area contributed by atoms with E-state index in [0.717, 1.165) is 33.1 Å². The summed E-state index contributed by atoms with van der Waals surface area (Å²) in [4.78, 5) is 25.7. The third-order valence-electron chi connectivity index (χ3n) is 4.51. The van der Waals surface area contributed by atoms with Crippen LogP contribution in [0.1, 0.15) is 16.3 Å². The monoisotopic (exact) mass is 411 g/mol. The molecule has 0 aliphatic carbocycles. The van der Waals surface area contributed by atoms with E-state index in [0.29, 0.717) is 17.8 Å². The summed E-state index contributed by atoms with van der Waals surface area (Å²) >= 11 is 3.22. The van der Waals surface area contributed by atoms with Crippen molar-refractivity contribution in [3.63, 3.8) is 0 Å². The Kier molecular flexibility index (Phi) is 5.30. The van der Waals surface area contributed by atoms with Crippen molar-refractivity contribution in [1.29, 1.82) is 0 Å². The quantitative estimate of drug-likeness (QED) is 0.501. The Balaban J connectivity index is 1.57. The Morgan fingerprint density at radius 3 is 2.82 bits per heavy atom. The van der Waals surface area contributed by atoms with Crippen LogP contribution in [0.3, 0.4) is 0 Å². The Morgan fingerprint density at radius 1 is 1.21 bits per heavy atom. The van der Waals surface area contributed by atoms with Crippen LogP contribution in [-0.4, -0.2) is 29.0 Å². The zero-order valence-electron chi connectivity index (χ0n) is 16.0. The highest BCUT2D eigenvalue weighted by atomic mass is 32.1. The molecule has 7 heteroatoms. The van der Waals surface area contributed by atoms with E-state index in [-0.39, 0.29) is 5.56 Å². The number of benzene rings is 1. The Bertz CT molecular complexity index is 1180. The number of methoxy groups -OCH3 is 1. The molecule has 28 heavy (non-hydrogen) atoms. The van der Waals surface area contributed by atoms with E-state index in [1.54, 1.807) is 18.4 Å². The SMILES string of the molecule is COc1cccc(CN(C)Cc2nc3scc(-c4ccc(C)s4)c3c(=O)[nH]2)c1. The van der Waals surface area contributed by atoms with Gasteiger partial charge in [0.1, 0.15) is 16.4 Å². The predicted molar refractivity (Wildman–Crippen MR) is 116 cm³/mol. The summed E-state index contributed by atoms with van der Waals surface area (Å²) in [7, 11) is 3.68. The number of ether oxygens (including phenoxy) is 1. The largest absolute Gasteiger partial charge is 0.497 e. The molecule has 5 nitrogen and oxygen atoms in total. The van der Waals surface area contributed by atoms with Crippen LogP contribution in [0.2, 0.25) is 0 Å². The van der Waals surface area contributed by atoms with Gasteiger partial charge in [-0.15, -0.1) is 22.7 Å². The van der Waals surface area contributed by atoms with E-state index < -0.39 is 0 Å². The highest BCUT2D eigenvalue weighted by molar-refractivity contribution is 7.19. The van der Waals surface area contributed by atoms with Crippen LogP contribution >= 0.6 is 22.7 Å². The number of nitrogens with zero attached hydrogens (tertiary/aromatic N) is 2. The van der Waals surface area contributed by atoms with Gasteiger partial charge in [-0.2, -0.15) is 0 Å². The number of nitrogens with one attached hydrogen (secondary N) is 1. The molecule has 4 aromatic rings. The van der Waals surface area contributed by atoms with Crippen LogP contribution in [0.25, 0.3) is 20.7 Å². The van der Waals surface area contributed by atoms with E-state index in [4.69, 9.17) is 9.72 Å². The lowest BCUT2D eigenvalue weighted by Crippen LogP contribution is -2.21. The fraction of sp³-hybridized carbons (Fsp3) is 0.238. The van der Waals surface area contributed by atoms with Gasteiger partial charge in [0.05, 0.1) is 19.0 Å². The molecule has 0 aliphatic rings.